The predicted molar refractivity (Wildman–Crippen MR) is 109 cm³/mol. The number of nitrogens with zero attached hydrogens (tertiary/aromatic N) is 5. The van der Waals surface area contributed by atoms with Crippen molar-refractivity contribution >= 4 is 9.84 Å². The molecule has 0 aliphatic heterocycles. The number of hydrogen-bond donors (Lipinski definition) is 0. The lowest BCUT2D eigenvalue weighted by Crippen LogP contribution is -2.23. The van der Waals surface area contributed by atoms with E-state index in [0.29, 0.717) is 19.6 Å². The Labute approximate surface area is 171 Å². The minimum atomic E-state index is -3.49. The summed E-state index contributed by atoms with van der Waals surface area (Å²) in [5, 5.41) is 7.85. The number of aryl methyl sites for hydroxylation is 1. The monoisotopic (exact) mass is 417 g/mol. The fourth-order valence-electron chi connectivity index (χ4n) is 3.20. The molecule has 0 amide bonds. The second-order valence-electron chi connectivity index (χ2n) is 7.75. The number of aromatic nitrogens is 4. The molecule has 9 heteroatoms. The van der Waals surface area contributed by atoms with Crippen LogP contribution in [0.25, 0.3) is 0 Å². The molecule has 2 aromatic heterocycles. The quantitative estimate of drug-likeness (QED) is 0.528. The van der Waals surface area contributed by atoms with Gasteiger partial charge in [0.05, 0.1) is 24.2 Å². The van der Waals surface area contributed by atoms with Crippen molar-refractivity contribution in [1.82, 2.24) is 24.8 Å². The van der Waals surface area contributed by atoms with Gasteiger partial charge in [-0.25, -0.2) is 18.0 Å². The zero-order chi connectivity index (χ0) is 21.0. The van der Waals surface area contributed by atoms with Gasteiger partial charge in [-0.3, -0.25) is 4.90 Å². The second kappa shape index (κ2) is 8.87. The van der Waals surface area contributed by atoms with Gasteiger partial charge in [0.15, 0.2) is 0 Å². The molecule has 0 aliphatic rings. The molecule has 2 heterocycles. The minimum Gasteiger partial charge on any atom is -0.313 e. The van der Waals surface area contributed by atoms with Crippen molar-refractivity contribution in [2.75, 3.05) is 12.8 Å². The zero-order valence-electron chi connectivity index (χ0n) is 17.2. The van der Waals surface area contributed by atoms with Gasteiger partial charge in [0, 0.05) is 13.1 Å². The van der Waals surface area contributed by atoms with Crippen LogP contribution in [0.2, 0.25) is 0 Å². The van der Waals surface area contributed by atoms with E-state index in [4.69, 9.17) is 4.63 Å². The molecule has 3 aromatic rings. The van der Waals surface area contributed by atoms with Crippen molar-refractivity contribution in [2.45, 2.75) is 45.6 Å². The highest BCUT2D eigenvalue weighted by atomic mass is 32.2. The number of benzene rings is 1. The Morgan fingerprint density at radius 3 is 2.48 bits per heavy atom. The smallest absolute Gasteiger partial charge is 0.228 e. The molecular weight excluding hydrogens is 390 g/mol. The summed E-state index contributed by atoms with van der Waals surface area (Å²) < 4.78 is 32.4. The van der Waals surface area contributed by atoms with Crippen LogP contribution in [-0.4, -0.2) is 46.0 Å². The van der Waals surface area contributed by atoms with Crippen LogP contribution in [0.15, 0.2) is 46.3 Å². The van der Waals surface area contributed by atoms with Gasteiger partial charge in [-0.15, -0.1) is 0 Å². The number of imidazole rings is 1. The molecule has 0 bridgehead atoms. The second-order valence-corrected chi connectivity index (χ2v) is 9.68. The van der Waals surface area contributed by atoms with Gasteiger partial charge in [0.2, 0.25) is 15.0 Å². The van der Waals surface area contributed by atoms with Crippen LogP contribution >= 0.6 is 0 Å². The average molecular weight is 418 g/mol. The molecule has 1 aromatic carbocycles. The lowest BCUT2D eigenvalue weighted by atomic mass is 10.2. The predicted octanol–water partition coefficient (Wildman–Crippen LogP) is 2.68. The summed E-state index contributed by atoms with van der Waals surface area (Å²) >= 11 is 0. The first kappa shape index (κ1) is 21.2. The van der Waals surface area contributed by atoms with Crippen molar-refractivity contribution < 1.29 is 13.0 Å². The van der Waals surface area contributed by atoms with Crippen LogP contribution in [-0.2, 0) is 29.5 Å². The van der Waals surface area contributed by atoms with Gasteiger partial charge < -0.3 is 4.57 Å². The number of hydrogen-bond acceptors (Lipinski definition) is 7. The van der Waals surface area contributed by atoms with Crippen molar-refractivity contribution in [3.63, 3.8) is 0 Å². The Kier molecular flexibility index (Phi) is 6.49. The maximum atomic E-state index is 12.9. The van der Waals surface area contributed by atoms with Crippen molar-refractivity contribution in [3.05, 3.63) is 59.2 Å². The molecule has 8 nitrogen and oxygen atoms in total. The van der Waals surface area contributed by atoms with E-state index in [0.717, 1.165) is 22.6 Å². The van der Waals surface area contributed by atoms with Crippen LogP contribution in [0, 0.1) is 12.8 Å². The summed E-state index contributed by atoms with van der Waals surface area (Å²) in [4.78, 5) is 6.34. The lowest BCUT2D eigenvalue weighted by Gasteiger charge is -2.18. The molecule has 156 valence electrons. The summed E-state index contributed by atoms with van der Waals surface area (Å²) in [6.07, 6.45) is 1.65. The van der Waals surface area contributed by atoms with Gasteiger partial charge in [0.1, 0.15) is 11.4 Å². The molecule has 0 aliphatic carbocycles. The van der Waals surface area contributed by atoms with E-state index in [1.54, 1.807) is 10.8 Å². The molecule has 0 atom stereocenters. The summed E-state index contributed by atoms with van der Waals surface area (Å²) in [6, 6.07) is 9.80. The Bertz CT molecular complexity index is 1040. The summed E-state index contributed by atoms with van der Waals surface area (Å²) in [7, 11) is -1.55. The molecule has 29 heavy (non-hydrogen) atoms. The zero-order valence-corrected chi connectivity index (χ0v) is 18.1. The summed E-state index contributed by atoms with van der Waals surface area (Å²) in [6.45, 7) is 7.14. The van der Waals surface area contributed by atoms with E-state index in [2.05, 4.69) is 15.3 Å². The number of rotatable bonds is 9. The Morgan fingerprint density at radius 1 is 1.14 bits per heavy atom. The molecule has 0 fully saturated rings. The van der Waals surface area contributed by atoms with Crippen molar-refractivity contribution in [2.24, 2.45) is 5.92 Å². The fourth-order valence-corrected chi connectivity index (χ4v) is 4.95. The van der Waals surface area contributed by atoms with E-state index < -0.39 is 9.84 Å². The van der Waals surface area contributed by atoms with Gasteiger partial charge in [-0.05, 0) is 25.5 Å². The van der Waals surface area contributed by atoms with Crippen molar-refractivity contribution in [1.29, 1.82) is 0 Å². The van der Waals surface area contributed by atoms with E-state index in [1.807, 2.05) is 63.1 Å². The van der Waals surface area contributed by atoms with Gasteiger partial charge in [-0.1, -0.05) is 54.5 Å². The first-order chi connectivity index (χ1) is 13.8. The highest BCUT2D eigenvalue weighted by molar-refractivity contribution is 7.91. The third-order valence-corrected chi connectivity index (χ3v) is 6.50. The molecule has 0 saturated carbocycles. The van der Waals surface area contributed by atoms with E-state index >= 15 is 0 Å². The van der Waals surface area contributed by atoms with Crippen molar-refractivity contribution in [3.8, 4) is 0 Å². The SMILES string of the molecule is Cc1nonc1CN(C)Cc1cnc(S(=O)(=O)CC(C)C)n1Cc1ccccc1. The summed E-state index contributed by atoms with van der Waals surface area (Å²) in [5.41, 5.74) is 3.35. The van der Waals surface area contributed by atoms with Gasteiger partial charge >= 0.3 is 0 Å². The maximum Gasteiger partial charge on any atom is 0.228 e. The van der Waals surface area contributed by atoms with E-state index in [-0.39, 0.29) is 16.8 Å². The molecule has 0 radical (unpaired) electrons. The van der Waals surface area contributed by atoms with E-state index in [1.165, 1.54) is 0 Å². The standard InChI is InChI=1S/C20H27N5O3S/c1-15(2)14-29(26,27)20-21-10-18(25(20)11-17-8-6-5-7-9-17)12-24(4)13-19-16(3)22-28-23-19/h5-10,15H,11-14H2,1-4H3. The van der Waals surface area contributed by atoms with Gasteiger partial charge in [-0.2, -0.15) is 0 Å². The first-order valence-corrected chi connectivity index (χ1v) is 11.2. The highest BCUT2D eigenvalue weighted by Gasteiger charge is 2.25. The van der Waals surface area contributed by atoms with Crippen LogP contribution in [0.5, 0.6) is 0 Å². The van der Waals surface area contributed by atoms with E-state index in [9.17, 15) is 8.42 Å². The Hall–Kier alpha value is -2.52. The largest absolute Gasteiger partial charge is 0.313 e. The molecule has 3 rings (SSSR count). The molecular formula is C20H27N5O3S. The molecule has 0 spiro atoms. The van der Waals surface area contributed by atoms with Crippen LogP contribution in [0.1, 0.15) is 36.5 Å². The van der Waals surface area contributed by atoms with Crippen LogP contribution in [0.4, 0.5) is 0 Å². The first-order valence-electron chi connectivity index (χ1n) is 9.54. The van der Waals surface area contributed by atoms with Gasteiger partial charge in [0.25, 0.3) is 0 Å². The third-order valence-electron chi connectivity index (χ3n) is 4.51. The van der Waals surface area contributed by atoms with Crippen LogP contribution < -0.4 is 0 Å². The minimum absolute atomic E-state index is 0.0237. The molecule has 0 unspecified atom stereocenters. The molecule has 0 saturated heterocycles. The third kappa shape index (κ3) is 5.30. The summed E-state index contributed by atoms with van der Waals surface area (Å²) in [5.74, 6) is 0.0911. The maximum absolute atomic E-state index is 12.9. The fraction of sp³-hybridized carbons (Fsp3) is 0.450. The topological polar surface area (TPSA) is 94.1 Å². The molecule has 0 N–H and O–H groups in total. The van der Waals surface area contributed by atoms with Crippen LogP contribution in [0.3, 0.4) is 0 Å². The average Bonchev–Trinajstić information content (AvgIpc) is 3.22. The normalized spacial score (nSPS) is 12.2. The Morgan fingerprint density at radius 2 is 1.86 bits per heavy atom. The highest BCUT2D eigenvalue weighted by Crippen LogP contribution is 2.19. The number of sulfone groups is 1. The lowest BCUT2D eigenvalue weighted by molar-refractivity contribution is 0.275. The Balaban J connectivity index is 1.90.